The van der Waals surface area contributed by atoms with Crippen LogP contribution in [0.5, 0.6) is 0 Å². The average molecular weight is 298 g/mol. The van der Waals surface area contributed by atoms with E-state index in [0.717, 1.165) is 28.8 Å². The van der Waals surface area contributed by atoms with E-state index in [1.165, 1.54) is 0 Å². The molecular formula is C15H24FNSSi. The minimum absolute atomic E-state index is 0.0637. The molecule has 0 saturated heterocycles. The van der Waals surface area contributed by atoms with Crippen molar-refractivity contribution in [2.45, 2.75) is 40.4 Å². The maximum atomic E-state index is 14.5. The van der Waals surface area contributed by atoms with Crippen LogP contribution in [-0.4, -0.2) is 31.1 Å². The first-order chi connectivity index (χ1) is 8.73. The maximum Gasteiger partial charge on any atom is 0.126 e. The van der Waals surface area contributed by atoms with Gasteiger partial charge in [-0.1, -0.05) is 44.0 Å². The Morgan fingerprint density at radius 1 is 1.21 bits per heavy atom. The molecule has 1 aromatic carbocycles. The van der Waals surface area contributed by atoms with Gasteiger partial charge >= 0.3 is 0 Å². The molecule has 0 saturated carbocycles. The van der Waals surface area contributed by atoms with Gasteiger partial charge in [-0.05, 0) is 31.5 Å². The minimum atomic E-state index is -1.78. The molecule has 0 atom stereocenters. The van der Waals surface area contributed by atoms with Crippen molar-refractivity contribution < 1.29 is 4.39 Å². The van der Waals surface area contributed by atoms with Gasteiger partial charge in [0.05, 0.1) is 8.07 Å². The van der Waals surface area contributed by atoms with Crippen LogP contribution in [0.2, 0.25) is 19.6 Å². The van der Waals surface area contributed by atoms with E-state index in [0.29, 0.717) is 5.56 Å². The number of benzene rings is 1. The molecule has 1 nitrogen and oxygen atoms in total. The summed E-state index contributed by atoms with van der Waals surface area (Å²) in [6.07, 6.45) is 0. The molecule has 0 bridgehead atoms. The van der Waals surface area contributed by atoms with Crippen molar-refractivity contribution in [1.82, 2.24) is 4.90 Å². The maximum absolute atomic E-state index is 14.5. The second-order valence-corrected chi connectivity index (χ2v) is 11.2. The van der Waals surface area contributed by atoms with Crippen LogP contribution in [0.3, 0.4) is 0 Å². The standard InChI is InChI=1S/C15H24FNSSi/c1-7-17(8-2)15(18)12-10-9-11(3)13(16)14(12)19(4,5)6/h9-10H,7-8H2,1-6H3. The van der Waals surface area contributed by atoms with Crippen molar-refractivity contribution in [2.75, 3.05) is 13.1 Å². The van der Waals surface area contributed by atoms with Crippen LogP contribution in [0.15, 0.2) is 12.1 Å². The number of rotatable bonds is 4. The highest BCUT2D eigenvalue weighted by Crippen LogP contribution is 2.16. The van der Waals surface area contributed by atoms with Crippen molar-refractivity contribution in [3.8, 4) is 0 Å². The second kappa shape index (κ2) is 6.14. The highest BCUT2D eigenvalue weighted by molar-refractivity contribution is 7.80. The lowest BCUT2D eigenvalue weighted by atomic mass is 10.1. The first-order valence-electron chi connectivity index (χ1n) is 6.82. The van der Waals surface area contributed by atoms with Crippen molar-refractivity contribution in [3.05, 3.63) is 29.1 Å². The van der Waals surface area contributed by atoms with Crippen LogP contribution in [0, 0.1) is 12.7 Å². The Morgan fingerprint density at radius 2 is 1.74 bits per heavy atom. The minimum Gasteiger partial charge on any atom is -0.363 e. The molecule has 106 valence electrons. The van der Waals surface area contributed by atoms with Crippen LogP contribution >= 0.6 is 12.2 Å². The monoisotopic (exact) mass is 297 g/mol. The topological polar surface area (TPSA) is 3.24 Å². The van der Waals surface area contributed by atoms with E-state index in [1.807, 2.05) is 19.1 Å². The molecule has 0 aliphatic heterocycles. The molecule has 0 aromatic heterocycles. The molecule has 0 aliphatic carbocycles. The highest BCUT2D eigenvalue weighted by atomic mass is 32.1. The number of hydrogen-bond acceptors (Lipinski definition) is 1. The van der Waals surface area contributed by atoms with Gasteiger partial charge in [0.1, 0.15) is 10.8 Å². The summed E-state index contributed by atoms with van der Waals surface area (Å²) in [5.74, 6) is -0.0637. The number of nitrogens with zero attached hydrogens (tertiary/aromatic N) is 1. The zero-order valence-electron chi connectivity index (χ0n) is 12.8. The molecule has 0 amide bonds. The van der Waals surface area contributed by atoms with E-state index in [-0.39, 0.29) is 5.82 Å². The summed E-state index contributed by atoms with van der Waals surface area (Å²) in [5, 5.41) is 0.865. The molecule has 1 aromatic rings. The van der Waals surface area contributed by atoms with Gasteiger partial charge in [-0.3, -0.25) is 0 Å². The Hall–Kier alpha value is -0.743. The SMILES string of the molecule is CCN(CC)C(=S)c1ccc(C)c(F)c1[Si](C)(C)C. The third kappa shape index (κ3) is 3.42. The number of aryl methyl sites for hydroxylation is 1. The zero-order chi connectivity index (χ0) is 14.8. The molecule has 0 fully saturated rings. The molecule has 0 aliphatic rings. The van der Waals surface area contributed by atoms with E-state index in [2.05, 4.69) is 38.4 Å². The normalized spacial score (nSPS) is 11.5. The summed E-state index contributed by atoms with van der Waals surface area (Å²) in [7, 11) is -1.78. The Kier molecular flexibility index (Phi) is 5.27. The van der Waals surface area contributed by atoms with Gasteiger partial charge in [-0.25, -0.2) is 4.39 Å². The summed E-state index contributed by atoms with van der Waals surface area (Å²) in [4.78, 5) is 2.89. The van der Waals surface area contributed by atoms with Crippen molar-refractivity contribution in [1.29, 1.82) is 0 Å². The van der Waals surface area contributed by atoms with Gasteiger partial charge in [0.15, 0.2) is 0 Å². The fourth-order valence-electron chi connectivity index (χ4n) is 2.27. The smallest absolute Gasteiger partial charge is 0.126 e. The van der Waals surface area contributed by atoms with E-state index < -0.39 is 8.07 Å². The quantitative estimate of drug-likeness (QED) is 0.616. The van der Waals surface area contributed by atoms with Gasteiger partial charge in [-0.15, -0.1) is 0 Å². The van der Waals surface area contributed by atoms with Crippen LogP contribution in [-0.2, 0) is 0 Å². The predicted molar refractivity (Wildman–Crippen MR) is 88.7 cm³/mol. The largest absolute Gasteiger partial charge is 0.363 e. The van der Waals surface area contributed by atoms with Gasteiger partial charge in [-0.2, -0.15) is 0 Å². The molecule has 0 heterocycles. The lowest BCUT2D eigenvalue weighted by Gasteiger charge is -2.28. The fourth-order valence-corrected chi connectivity index (χ4v) is 4.66. The molecule has 4 heteroatoms. The van der Waals surface area contributed by atoms with E-state index >= 15 is 0 Å². The summed E-state index contributed by atoms with van der Waals surface area (Å²) in [5.41, 5.74) is 1.63. The summed E-state index contributed by atoms with van der Waals surface area (Å²) >= 11 is 5.58. The van der Waals surface area contributed by atoms with Crippen molar-refractivity contribution >= 4 is 30.5 Å². The lowest BCUT2D eigenvalue weighted by Crippen LogP contribution is -2.46. The summed E-state index contributed by atoms with van der Waals surface area (Å²) in [6.45, 7) is 14.2. The van der Waals surface area contributed by atoms with Gasteiger partial charge in [0, 0.05) is 18.7 Å². The van der Waals surface area contributed by atoms with E-state index in [4.69, 9.17) is 12.2 Å². The van der Waals surface area contributed by atoms with Gasteiger partial charge < -0.3 is 4.90 Å². The number of hydrogen-bond donors (Lipinski definition) is 0. The first kappa shape index (κ1) is 16.3. The average Bonchev–Trinajstić information content (AvgIpc) is 2.32. The fraction of sp³-hybridized carbons (Fsp3) is 0.533. The molecule has 19 heavy (non-hydrogen) atoms. The third-order valence-corrected chi connectivity index (χ3v) is 5.83. The number of halogens is 1. The molecule has 0 spiro atoms. The van der Waals surface area contributed by atoms with Gasteiger partial charge in [0.2, 0.25) is 0 Å². The Morgan fingerprint density at radius 3 is 2.16 bits per heavy atom. The van der Waals surface area contributed by atoms with Gasteiger partial charge in [0.25, 0.3) is 0 Å². The molecular weight excluding hydrogens is 273 g/mol. The van der Waals surface area contributed by atoms with Crippen LogP contribution in [0.25, 0.3) is 0 Å². The Bertz CT molecular complexity index is 476. The zero-order valence-corrected chi connectivity index (χ0v) is 14.6. The molecule has 1 rings (SSSR count). The number of thiocarbonyl (C=S) groups is 1. The second-order valence-electron chi connectivity index (χ2n) is 5.85. The Labute approximate surface area is 122 Å². The lowest BCUT2D eigenvalue weighted by molar-refractivity contribution is 0.474. The van der Waals surface area contributed by atoms with E-state index in [9.17, 15) is 4.39 Å². The highest BCUT2D eigenvalue weighted by Gasteiger charge is 2.27. The van der Waals surface area contributed by atoms with E-state index in [1.54, 1.807) is 0 Å². The van der Waals surface area contributed by atoms with Crippen molar-refractivity contribution in [2.24, 2.45) is 0 Å². The Balaban J connectivity index is 3.44. The van der Waals surface area contributed by atoms with Crippen LogP contribution in [0.4, 0.5) is 4.39 Å². The third-order valence-electron chi connectivity index (χ3n) is 3.37. The summed E-state index contributed by atoms with van der Waals surface area (Å²) in [6, 6.07) is 3.83. The van der Waals surface area contributed by atoms with Crippen LogP contribution < -0.4 is 5.19 Å². The molecule has 0 unspecified atom stereocenters. The van der Waals surface area contributed by atoms with Crippen molar-refractivity contribution in [3.63, 3.8) is 0 Å². The molecule has 0 radical (unpaired) electrons. The first-order valence-corrected chi connectivity index (χ1v) is 10.7. The summed E-state index contributed by atoms with van der Waals surface area (Å²) < 4.78 is 14.5. The van der Waals surface area contributed by atoms with Crippen LogP contribution in [0.1, 0.15) is 25.0 Å². The predicted octanol–water partition coefficient (Wildman–Crippen LogP) is 3.70. The molecule has 0 N–H and O–H groups in total.